The van der Waals surface area contributed by atoms with Gasteiger partial charge in [0.15, 0.2) is 0 Å². The van der Waals surface area contributed by atoms with E-state index in [0.717, 1.165) is 4.88 Å². The number of carbonyl (C=O) groups excluding carboxylic acids is 1. The van der Waals surface area contributed by atoms with Crippen LogP contribution in [0.5, 0.6) is 0 Å². The van der Waals surface area contributed by atoms with Crippen LogP contribution in [-0.4, -0.2) is 35.3 Å². The molecule has 1 aliphatic heterocycles. The molecule has 1 fully saturated rings. The topological polar surface area (TPSA) is 49.8 Å². The van der Waals surface area contributed by atoms with Crippen LogP contribution in [0.2, 0.25) is 0 Å². The zero-order chi connectivity index (χ0) is 10.1. The zero-order valence-corrected chi connectivity index (χ0v) is 8.58. The van der Waals surface area contributed by atoms with Gasteiger partial charge >= 0.3 is 0 Å². The lowest BCUT2D eigenvalue weighted by Crippen LogP contribution is -2.27. The van der Waals surface area contributed by atoms with E-state index in [1.54, 1.807) is 6.07 Å². The Labute approximate surface area is 85.7 Å². The van der Waals surface area contributed by atoms with Crippen molar-refractivity contribution in [2.24, 2.45) is 0 Å². The highest BCUT2D eigenvalue weighted by molar-refractivity contribution is 7.13. The maximum Gasteiger partial charge on any atom is 0.287 e. The van der Waals surface area contributed by atoms with Crippen molar-refractivity contribution in [3.63, 3.8) is 0 Å². The summed E-state index contributed by atoms with van der Waals surface area (Å²) in [5.74, 6) is -0.167. The van der Waals surface area contributed by atoms with Gasteiger partial charge in [0.2, 0.25) is 0 Å². The Morgan fingerprint density at radius 1 is 1.71 bits per heavy atom. The minimum absolute atomic E-state index is 0.167. The molecule has 1 N–H and O–H groups in total. The predicted molar refractivity (Wildman–Crippen MR) is 52.1 cm³/mol. The molecule has 1 unspecified atom stereocenters. The second-order valence-corrected chi connectivity index (χ2v) is 4.51. The summed E-state index contributed by atoms with van der Waals surface area (Å²) >= 11 is 1.43. The zero-order valence-electron chi connectivity index (χ0n) is 7.77. The van der Waals surface area contributed by atoms with Gasteiger partial charge in [0.1, 0.15) is 12.7 Å². The van der Waals surface area contributed by atoms with Crippen molar-refractivity contribution in [1.29, 1.82) is 0 Å². The average Bonchev–Trinajstić information content (AvgIpc) is 2.73. The molecular formula is C9H11NO3S. The summed E-state index contributed by atoms with van der Waals surface area (Å²) < 4.78 is 0. The molecule has 5 heteroatoms. The maximum atomic E-state index is 11.7. The number of aryl methyl sites for hydroxylation is 1. The fourth-order valence-corrected chi connectivity index (χ4v) is 2.09. The van der Waals surface area contributed by atoms with Gasteiger partial charge < -0.3 is 5.11 Å². The van der Waals surface area contributed by atoms with E-state index in [9.17, 15) is 9.90 Å². The van der Waals surface area contributed by atoms with Gasteiger partial charge in [-0.15, -0.1) is 11.3 Å². The van der Waals surface area contributed by atoms with Crippen molar-refractivity contribution in [3.05, 3.63) is 21.9 Å². The Hall–Kier alpha value is -0.910. The molecule has 1 atom stereocenters. The van der Waals surface area contributed by atoms with Crippen molar-refractivity contribution < 1.29 is 14.7 Å². The lowest BCUT2D eigenvalue weighted by molar-refractivity contribution is -0.0776. The first-order valence-electron chi connectivity index (χ1n) is 4.36. The molecule has 2 rings (SSSR count). The summed E-state index contributed by atoms with van der Waals surface area (Å²) in [5.41, 5.74) is 0. The first-order valence-corrected chi connectivity index (χ1v) is 5.18. The minimum atomic E-state index is -0.556. The fourth-order valence-electron chi connectivity index (χ4n) is 1.29. The van der Waals surface area contributed by atoms with Gasteiger partial charge in [-0.25, -0.2) is 5.06 Å². The molecular weight excluding hydrogens is 202 g/mol. The van der Waals surface area contributed by atoms with Crippen molar-refractivity contribution in [3.8, 4) is 0 Å². The average molecular weight is 213 g/mol. The van der Waals surface area contributed by atoms with Crippen LogP contribution in [0.3, 0.4) is 0 Å². The molecule has 1 amide bonds. The lowest BCUT2D eigenvalue weighted by atomic mass is 10.3. The van der Waals surface area contributed by atoms with Gasteiger partial charge in [-0.05, 0) is 19.1 Å². The Kier molecular flexibility index (Phi) is 2.54. The standard InChI is InChI=1S/C9H11NO3S/c1-6-2-3-8(14-6)9(12)10-4-7(11)5-13-10/h2-3,7,11H,4-5H2,1H3. The fraction of sp³-hybridized carbons (Fsp3) is 0.444. The van der Waals surface area contributed by atoms with Crippen LogP contribution in [-0.2, 0) is 4.84 Å². The molecule has 0 radical (unpaired) electrons. The molecule has 0 spiro atoms. The summed E-state index contributed by atoms with van der Waals surface area (Å²) in [4.78, 5) is 18.5. The van der Waals surface area contributed by atoms with Gasteiger partial charge in [-0.2, -0.15) is 0 Å². The van der Waals surface area contributed by atoms with E-state index in [1.807, 2.05) is 13.0 Å². The van der Waals surface area contributed by atoms with Crippen LogP contribution in [0.25, 0.3) is 0 Å². The maximum absolute atomic E-state index is 11.7. The number of amides is 1. The molecule has 14 heavy (non-hydrogen) atoms. The van der Waals surface area contributed by atoms with E-state index < -0.39 is 6.10 Å². The van der Waals surface area contributed by atoms with Crippen LogP contribution in [0.15, 0.2) is 12.1 Å². The van der Waals surface area contributed by atoms with Crippen LogP contribution >= 0.6 is 11.3 Å². The number of rotatable bonds is 1. The molecule has 1 aromatic rings. The second-order valence-electron chi connectivity index (χ2n) is 3.23. The number of hydroxylamine groups is 2. The summed E-state index contributed by atoms with van der Waals surface area (Å²) in [6, 6.07) is 3.67. The van der Waals surface area contributed by atoms with Crippen molar-refractivity contribution >= 4 is 17.2 Å². The quantitative estimate of drug-likeness (QED) is 0.751. The number of β-amino-alcohol motifs (C(OH)–C–C–N with tert-alkyl or cyclic N) is 1. The van der Waals surface area contributed by atoms with Crippen molar-refractivity contribution in [1.82, 2.24) is 5.06 Å². The SMILES string of the molecule is Cc1ccc(C(=O)N2CC(O)CO2)s1. The highest BCUT2D eigenvalue weighted by Crippen LogP contribution is 2.19. The first kappa shape index (κ1) is 9.64. The molecule has 1 aromatic heterocycles. The Morgan fingerprint density at radius 2 is 2.50 bits per heavy atom. The summed E-state index contributed by atoms with van der Waals surface area (Å²) in [7, 11) is 0. The van der Waals surface area contributed by atoms with Crippen LogP contribution < -0.4 is 0 Å². The Balaban J connectivity index is 2.09. The van der Waals surface area contributed by atoms with Crippen LogP contribution in [0.4, 0.5) is 0 Å². The highest BCUT2D eigenvalue weighted by atomic mass is 32.1. The summed E-state index contributed by atoms with van der Waals surface area (Å²) in [6.07, 6.45) is -0.556. The van der Waals surface area contributed by atoms with E-state index in [0.29, 0.717) is 4.88 Å². The van der Waals surface area contributed by atoms with Crippen LogP contribution in [0, 0.1) is 6.92 Å². The molecule has 0 bridgehead atoms. The van der Waals surface area contributed by atoms with E-state index in [4.69, 9.17) is 4.84 Å². The Morgan fingerprint density at radius 3 is 3.00 bits per heavy atom. The molecule has 4 nitrogen and oxygen atoms in total. The molecule has 0 saturated carbocycles. The molecule has 0 aliphatic carbocycles. The first-order chi connectivity index (χ1) is 6.66. The van der Waals surface area contributed by atoms with Gasteiger partial charge in [0.05, 0.1) is 11.4 Å². The predicted octanol–water partition coefficient (Wildman–Crippen LogP) is 0.805. The molecule has 2 heterocycles. The molecule has 76 valence electrons. The van der Waals surface area contributed by atoms with Crippen molar-refractivity contribution in [2.75, 3.05) is 13.2 Å². The number of carbonyl (C=O) groups is 1. The third kappa shape index (κ3) is 1.79. The number of hydrogen-bond donors (Lipinski definition) is 1. The normalized spacial score (nSPS) is 21.6. The number of aliphatic hydroxyl groups excluding tert-OH is 1. The monoisotopic (exact) mass is 213 g/mol. The minimum Gasteiger partial charge on any atom is -0.389 e. The summed E-state index contributed by atoms with van der Waals surface area (Å²) in [6.45, 7) is 2.41. The molecule has 0 aromatic carbocycles. The molecule has 1 aliphatic rings. The van der Waals surface area contributed by atoms with Gasteiger partial charge in [0, 0.05) is 4.88 Å². The number of aliphatic hydroxyl groups is 1. The second kappa shape index (κ2) is 3.68. The van der Waals surface area contributed by atoms with E-state index in [2.05, 4.69) is 0 Å². The van der Waals surface area contributed by atoms with Crippen molar-refractivity contribution in [2.45, 2.75) is 13.0 Å². The lowest BCUT2D eigenvalue weighted by Gasteiger charge is -2.11. The van der Waals surface area contributed by atoms with Gasteiger partial charge in [-0.1, -0.05) is 0 Å². The number of hydrogen-bond acceptors (Lipinski definition) is 4. The highest BCUT2D eigenvalue weighted by Gasteiger charge is 2.27. The molecule has 1 saturated heterocycles. The third-order valence-electron chi connectivity index (χ3n) is 1.98. The summed E-state index contributed by atoms with van der Waals surface area (Å²) in [5, 5.41) is 10.4. The third-order valence-corrected chi connectivity index (χ3v) is 2.97. The van der Waals surface area contributed by atoms with Gasteiger partial charge in [0.25, 0.3) is 5.91 Å². The smallest absolute Gasteiger partial charge is 0.287 e. The van der Waals surface area contributed by atoms with E-state index >= 15 is 0 Å². The van der Waals surface area contributed by atoms with E-state index in [-0.39, 0.29) is 19.1 Å². The van der Waals surface area contributed by atoms with E-state index in [1.165, 1.54) is 16.4 Å². The number of nitrogens with zero attached hydrogens (tertiary/aromatic N) is 1. The van der Waals surface area contributed by atoms with Gasteiger partial charge in [-0.3, -0.25) is 9.63 Å². The largest absolute Gasteiger partial charge is 0.389 e. The number of thiophene rings is 1. The van der Waals surface area contributed by atoms with Crippen LogP contribution in [0.1, 0.15) is 14.5 Å². The Bertz CT molecular complexity index is 350.